The zero-order valence-electron chi connectivity index (χ0n) is 15.1. The summed E-state index contributed by atoms with van der Waals surface area (Å²) in [6, 6.07) is 5.37. The van der Waals surface area contributed by atoms with Crippen LogP contribution in [0.15, 0.2) is 18.2 Å². The van der Waals surface area contributed by atoms with Crippen LogP contribution >= 0.6 is 0 Å². The van der Waals surface area contributed by atoms with Crippen molar-refractivity contribution in [3.05, 3.63) is 40.7 Å². The summed E-state index contributed by atoms with van der Waals surface area (Å²) in [4.78, 5) is 26.6. The van der Waals surface area contributed by atoms with E-state index in [-0.39, 0.29) is 18.5 Å². The number of amides is 3. The van der Waals surface area contributed by atoms with E-state index in [2.05, 4.69) is 20.8 Å². The van der Waals surface area contributed by atoms with Crippen LogP contribution in [0.3, 0.4) is 0 Å². The molecule has 1 aromatic heterocycles. The Morgan fingerprint density at radius 1 is 1.20 bits per heavy atom. The number of carbonyl (C=O) groups is 2. The molecule has 3 amide bonds. The summed E-state index contributed by atoms with van der Waals surface area (Å²) in [5.41, 5.74) is 1.88. The van der Waals surface area contributed by atoms with Crippen LogP contribution < -0.4 is 5.32 Å². The van der Waals surface area contributed by atoms with Crippen LogP contribution in [0.2, 0.25) is 0 Å². The van der Waals surface area contributed by atoms with Crippen molar-refractivity contribution in [2.24, 2.45) is 0 Å². The predicted molar refractivity (Wildman–Crippen MR) is 90.6 cm³/mol. The molecule has 8 nitrogen and oxygen atoms in total. The molecule has 1 fully saturated rings. The largest absolute Gasteiger partial charge is 0.325 e. The minimum atomic E-state index is -1.09. The van der Waals surface area contributed by atoms with Crippen LogP contribution in [0.4, 0.5) is 4.79 Å². The fourth-order valence-corrected chi connectivity index (χ4v) is 2.95. The van der Waals surface area contributed by atoms with Crippen molar-refractivity contribution in [2.45, 2.75) is 52.7 Å². The SMILES string of the molecule is Cc1ccc(C2(C)NC(=O)N(Cc3nnnn3C(C)C)C2=O)cc1C. The molecule has 2 heterocycles. The molecule has 1 aromatic carbocycles. The van der Waals surface area contributed by atoms with Gasteiger partial charge in [0.15, 0.2) is 5.82 Å². The minimum absolute atomic E-state index is 0.0380. The summed E-state index contributed by atoms with van der Waals surface area (Å²) in [5.74, 6) is 0.168. The average Bonchev–Trinajstić information content (AvgIpc) is 3.10. The highest BCUT2D eigenvalue weighted by Crippen LogP contribution is 2.30. The Labute approximate surface area is 146 Å². The maximum atomic E-state index is 13.0. The van der Waals surface area contributed by atoms with Gasteiger partial charge in [-0.3, -0.25) is 9.69 Å². The Hall–Kier alpha value is -2.77. The molecule has 0 bridgehead atoms. The van der Waals surface area contributed by atoms with Gasteiger partial charge in [0, 0.05) is 0 Å². The van der Waals surface area contributed by atoms with Gasteiger partial charge in [-0.15, -0.1) is 5.10 Å². The highest BCUT2D eigenvalue weighted by Gasteiger charge is 2.49. The quantitative estimate of drug-likeness (QED) is 0.856. The van der Waals surface area contributed by atoms with Crippen molar-refractivity contribution in [1.29, 1.82) is 0 Å². The molecule has 132 valence electrons. The summed E-state index contributed by atoms with van der Waals surface area (Å²) in [6.45, 7) is 9.63. The maximum Gasteiger partial charge on any atom is 0.325 e. The Kier molecular flexibility index (Phi) is 4.06. The number of rotatable bonds is 4. The van der Waals surface area contributed by atoms with E-state index in [0.29, 0.717) is 5.82 Å². The predicted octanol–water partition coefficient (Wildman–Crippen LogP) is 1.84. The third-order valence-electron chi connectivity index (χ3n) is 4.71. The summed E-state index contributed by atoms with van der Waals surface area (Å²) in [5, 5.41) is 14.3. The number of hydrogen-bond acceptors (Lipinski definition) is 5. The van der Waals surface area contributed by atoms with Gasteiger partial charge >= 0.3 is 6.03 Å². The van der Waals surface area contributed by atoms with Crippen molar-refractivity contribution in [1.82, 2.24) is 30.4 Å². The first kappa shape index (κ1) is 17.1. The Bertz CT molecular complexity index is 843. The number of carbonyl (C=O) groups excluding carboxylic acids is 2. The molecule has 0 radical (unpaired) electrons. The average molecular weight is 342 g/mol. The Morgan fingerprint density at radius 2 is 1.92 bits per heavy atom. The third kappa shape index (κ3) is 2.77. The van der Waals surface area contributed by atoms with Crippen LogP contribution in [-0.4, -0.2) is 37.0 Å². The molecular formula is C17H22N6O2. The van der Waals surface area contributed by atoms with Crippen molar-refractivity contribution < 1.29 is 9.59 Å². The van der Waals surface area contributed by atoms with Gasteiger partial charge in [-0.05, 0) is 61.7 Å². The smallest absolute Gasteiger partial charge is 0.319 e. The first-order valence-electron chi connectivity index (χ1n) is 8.22. The number of nitrogens with zero attached hydrogens (tertiary/aromatic N) is 5. The lowest BCUT2D eigenvalue weighted by atomic mass is 9.90. The molecule has 0 aliphatic carbocycles. The van der Waals surface area contributed by atoms with Gasteiger partial charge in [0.2, 0.25) is 0 Å². The topological polar surface area (TPSA) is 93.0 Å². The summed E-state index contributed by atoms with van der Waals surface area (Å²) < 4.78 is 1.60. The molecule has 8 heteroatoms. The van der Waals surface area contributed by atoms with Crippen LogP contribution in [0, 0.1) is 13.8 Å². The van der Waals surface area contributed by atoms with Gasteiger partial charge in [-0.25, -0.2) is 9.48 Å². The lowest BCUT2D eigenvalue weighted by Crippen LogP contribution is -2.41. The lowest BCUT2D eigenvalue weighted by Gasteiger charge is -2.23. The molecule has 0 saturated carbocycles. The second-order valence-corrected chi connectivity index (χ2v) is 6.88. The normalized spacial score (nSPS) is 20.5. The Morgan fingerprint density at radius 3 is 2.56 bits per heavy atom. The number of nitrogens with one attached hydrogen (secondary N) is 1. The molecule has 1 N–H and O–H groups in total. The molecule has 3 rings (SSSR count). The van der Waals surface area contributed by atoms with Crippen molar-refractivity contribution >= 4 is 11.9 Å². The van der Waals surface area contributed by atoms with E-state index in [1.54, 1.807) is 11.6 Å². The number of aromatic nitrogens is 4. The van der Waals surface area contributed by atoms with Gasteiger partial charge in [0.1, 0.15) is 5.54 Å². The number of hydrogen-bond donors (Lipinski definition) is 1. The van der Waals surface area contributed by atoms with Crippen LogP contribution in [0.5, 0.6) is 0 Å². The van der Waals surface area contributed by atoms with E-state index >= 15 is 0 Å². The van der Waals surface area contributed by atoms with E-state index in [1.165, 1.54) is 4.90 Å². The summed E-state index contributed by atoms with van der Waals surface area (Å²) in [6.07, 6.45) is 0. The standard InChI is InChI=1S/C17H22N6O2/c1-10(2)23-14(19-20-21-23)9-22-15(24)17(5,18-16(22)25)13-7-6-11(3)12(4)8-13/h6-8,10H,9H2,1-5H3,(H,18,25). The third-order valence-corrected chi connectivity index (χ3v) is 4.71. The van der Waals surface area contributed by atoms with E-state index in [1.807, 2.05) is 45.9 Å². The monoisotopic (exact) mass is 342 g/mol. The molecule has 1 unspecified atom stereocenters. The van der Waals surface area contributed by atoms with Crippen molar-refractivity contribution in [3.8, 4) is 0 Å². The van der Waals surface area contributed by atoms with Gasteiger partial charge in [0.25, 0.3) is 5.91 Å². The molecule has 0 spiro atoms. The first-order valence-corrected chi connectivity index (χ1v) is 8.22. The summed E-state index contributed by atoms with van der Waals surface area (Å²) in [7, 11) is 0. The number of benzene rings is 1. The van der Waals surface area contributed by atoms with Gasteiger partial charge in [-0.2, -0.15) is 0 Å². The van der Waals surface area contributed by atoms with E-state index in [4.69, 9.17) is 0 Å². The highest BCUT2D eigenvalue weighted by atomic mass is 16.2. The molecule has 2 aromatic rings. The van der Waals surface area contributed by atoms with Crippen LogP contribution in [0.1, 0.15) is 49.3 Å². The number of tetrazole rings is 1. The van der Waals surface area contributed by atoms with Gasteiger partial charge < -0.3 is 5.32 Å². The van der Waals surface area contributed by atoms with E-state index < -0.39 is 11.6 Å². The Balaban J connectivity index is 1.91. The van der Waals surface area contributed by atoms with E-state index in [9.17, 15) is 9.59 Å². The lowest BCUT2D eigenvalue weighted by molar-refractivity contribution is -0.131. The van der Waals surface area contributed by atoms with Crippen LogP contribution in [0.25, 0.3) is 0 Å². The molecular weight excluding hydrogens is 320 g/mol. The zero-order valence-corrected chi connectivity index (χ0v) is 15.1. The molecule has 25 heavy (non-hydrogen) atoms. The minimum Gasteiger partial charge on any atom is -0.319 e. The summed E-state index contributed by atoms with van der Waals surface area (Å²) >= 11 is 0. The van der Waals surface area contributed by atoms with Crippen LogP contribution in [-0.2, 0) is 16.9 Å². The van der Waals surface area contributed by atoms with Gasteiger partial charge in [-0.1, -0.05) is 18.2 Å². The number of imide groups is 1. The maximum absolute atomic E-state index is 13.0. The highest BCUT2D eigenvalue weighted by molar-refractivity contribution is 6.07. The zero-order chi connectivity index (χ0) is 18.4. The second-order valence-electron chi connectivity index (χ2n) is 6.88. The molecule has 1 saturated heterocycles. The first-order chi connectivity index (χ1) is 11.7. The second kappa shape index (κ2) is 5.94. The van der Waals surface area contributed by atoms with Crippen molar-refractivity contribution in [2.75, 3.05) is 0 Å². The molecule has 1 aliphatic heterocycles. The fourth-order valence-electron chi connectivity index (χ4n) is 2.95. The molecule has 1 atom stereocenters. The number of urea groups is 1. The van der Waals surface area contributed by atoms with Gasteiger partial charge in [0.05, 0.1) is 12.6 Å². The molecule has 1 aliphatic rings. The fraction of sp³-hybridized carbons (Fsp3) is 0.471. The van der Waals surface area contributed by atoms with Crippen molar-refractivity contribution in [3.63, 3.8) is 0 Å². The number of aryl methyl sites for hydroxylation is 2. The van der Waals surface area contributed by atoms with E-state index in [0.717, 1.165) is 16.7 Å².